The van der Waals surface area contributed by atoms with Crippen molar-refractivity contribution in [3.05, 3.63) is 53.6 Å². The maximum Gasteiger partial charge on any atom is 0.237 e. The Morgan fingerprint density at radius 1 is 1.07 bits per heavy atom. The molecule has 148 valence electrons. The fourth-order valence-electron chi connectivity index (χ4n) is 3.33. The van der Waals surface area contributed by atoms with Crippen molar-refractivity contribution >= 4 is 45.4 Å². The average Bonchev–Trinajstić information content (AvgIpc) is 3.06. The van der Waals surface area contributed by atoms with Crippen molar-refractivity contribution < 1.29 is 4.79 Å². The van der Waals surface area contributed by atoms with Crippen LogP contribution in [0.15, 0.2) is 47.6 Å². The lowest BCUT2D eigenvalue weighted by Gasteiger charge is -2.18. The lowest BCUT2D eigenvalue weighted by molar-refractivity contribution is -0.115. The number of hydrogen-bond donors (Lipinski definition) is 2. The molecule has 2 N–H and O–H groups in total. The van der Waals surface area contributed by atoms with Gasteiger partial charge in [-0.1, -0.05) is 62.0 Å². The molecule has 0 aliphatic carbocycles. The van der Waals surface area contributed by atoms with E-state index in [2.05, 4.69) is 45.4 Å². The number of H-pyrrole nitrogens is 1. The first kappa shape index (κ1) is 19.4. The van der Waals surface area contributed by atoms with E-state index in [1.165, 1.54) is 11.8 Å². The summed E-state index contributed by atoms with van der Waals surface area (Å²) in [6, 6.07) is 14.0. The Morgan fingerprint density at radius 2 is 1.86 bits per heavy atom. The molecule has 2 heterocycles. The number of nitrogens with one attached hydrogen (secondary N) is 2. The van der Waals surface area contributed by atoms with Gasteiger partial charge in [-0.25, -0.2) is 4.98 Å². The number of carbonyl (C=O) groups is 1. The summed E-state index contributed by atoms with van der Waals surface area (Å²) < 4.78 is 0. The summed E-state index contributed by atoms with van der Waals surface area (Å²) in [6.07, 6.45) is 0. The largest absolute Gasteiger partial charge is 0.338 e. The van der Waals surface area contributed by atoms with Gasteiger partial charge >= 0.3 is 0 Å². The van der Waals surface area contributed by atoms with Crippen LogP contribution in [0.25, 0.3) is 22.1 Å². The first-order chi connectivity index (χ1) is 13.9. The molecule has 4 aromatic rings. The molecule has 7 heteroatoms. The minimum atomic E-state index is -0.363. The zero-order valence-corrected chi connectivity index (χ0v) is 17.7. The maximum absolute atomic E-state index is 12.8. The molecule has 0 aliphatic heterocycles. The smallest absolute Gasteiger partial charge is 0.237 e. The standard InChI is InChI=1S/C22H23N5OS/c1-12(2)15-10-7-8-13(3)18(15)24-21(28)14(4)29-22-25-20-19(26-27-22)16-9-5-6-11-17(16)23-20/h5-12,14H,1-4H3,(H,24,28)(H,23,25,27)/t14-/m1/s1. The molecule has 0 aliphatic rings. The summed E-state index contributed by atoms with van der Waals surface area (Å²) in [6.45, 7) is 8.11. The van der Waals surface area contributed by atoms with Crippen LogP contribution in [0.2, 0.25) is 0 Å². The number of thioether (sulfide) groups is 1. The van der Waals surface area contributed by atoms with Crippen molar-refractivity contribution in [3.8, 4) is 0 Å². The molecule has 0 saturated heterocycles. The highest BCUT2D eigenvalue weighted by Gasteiger charge is 2.20. The maximum atomic E-state index is 12.8. The topological polar surface area (TPSA) is 83.6 Å². The molecule has 1 amide bonds. The SMILES string of the molecule is Cc1cccc(C(C)C)c1NC(=O)[C@@H](C)Sc1nnc2c(n1)[nH]c1ccccc12. The number of aromatic amines is 1. The van der Waals surface area contributed by atoms with Gasteiger partial charge in [0.2, 0.25) is 11.1 Å². The minimum absolute atomic E-state index is 0.0773. The highest BCUT2D eigenvalue weighted by atomic mass is 32.2. The number of benzene rings is 2. The fourth-order valence-corrected chi connectivity index (χ4v) is 4.05. The van der Waals surface area contributed by atoms with Crippen molar-refractivity contribution in [3.63, 3.8) is 0 Å². The Bertz CT molecular complexity index is 1200. The molecular weight excluding hydrogens is 382 g/mol. The van der Waals surface area contributed by atoms with Crippen molar-refractivity contribution in [2.45, 2.75) is 44.0 Å². The van der Waals surface area contributed by atoms with Gasteiger partial charge in [-0.2, -0.15) is 0 Å². The van der Waals surface area contributed by atoms with Crippen molar-refractivity contribution in [2.24, 2.45) is 0 Å². The molecule has 4 rings (SSSR count). The molecule has 2 aromatic carbocycles. The highest BCUT2D eigenvalue weighted by Crippen LogP contribution is 2.29. The predicted octanol–water partition coefficient (Wildman–Crippen LogP) is 5.06. The van der Waals surface area contributed by atoms with Gasteiger partial charge in [-0.15, -0.1) is 10.2 Å². The number of carbonyl (C=O) groups excluding carboxylic acids is 1. The molecular formula is C22H23N5OS. The third kappa shape index (κ3) is 3.82. The zero-order chi connectivity index (χ0) is 20.5. The van der Waals surface area contributed by atoms with Gasteiger partial charge in [0.25, 0.3) is 0 Å². The summed E-state index contributed by atoms with van der Waals surface area (Å²) in [5.41, 5.74) is 5.47. The Morgan fingerprint density at radius 3 is 2.66 bits per heavy atom. The second-order valence-corrected chi connectivity index (χ2v) is 8.71. The monoisotopic (exact) mass is 405 g/mol. The molecule has 1 atom stereocenters. The number of aryl methyl sites for hydroxylation is 1. The molecule has 0 bridgehead atoms. The van der Waals surface area contributed by atoms with Gasteiger partial charge in [-0.05, 0) is 37.0 Å². The van der Waals surface area contributed by atoms with Crippen LogP contribution in [-0.4, -0.2) is 31.3 Å². The molecule has 0 unspecified atom stereocenters. The number of para-hydroxylation sites is 2. The molecule has 6 nitrogen and oxygen atoms in total. The summed E-state index contributed by atoms with van der Waals surface area (Å²) in [4.78, 5) is 20.7. The third-order valence-electron chi connectivity index (χ3n) is 4.93. The third-order valence-corrected chi connectivity index (χ3v) is 5.88. The molecule has 0 fully saturated rings. The second-order valence-electron chi connectivity index (χ2n) is 7.41. The van der Waals surface area contributed by atoms with Gasteiger partial charge in [0.15, 0.2) is 5.65 Å². The van der Waals surface area contributed by atoms with E-state index in [0.717, 1.165) is 33.2 Å². The summed E-state index contributed by atoms with van der Waals surface area (Å²) in [5, 5.41) is 12.7. The van der Waals surface area contributed by atoms with Gasteiger partial charge < -0.3 is 10.3 Å². The minimum Gasteiger partial charge on any atom is -0.338 e. The Kier molecular flexibility index (Phi) is 5.24. The molecule has 2 aromatic heterocycles. The first-order valence-electron chi connectivity index (χ1n) is 9.62. The number of aromatic nitrogens is 4. The highest BCUT2D eigenvalue weighted by molar-refractivity contribution is 8.00. The van der Waals surface area contributed by atoms with Crippen molar-refractivity contribution in [1.82, 2.24) is 20.2 Å². The molecule has 29 heavy (non-hydrogen) atoms. The van der Waals surface area contributed by atoms with E-state index in [4.69, 9.17) is 0 Å². The van der Waals surface area contributed by atoms with Crippen LogP contribution in [0.5, 0.6) is 0 Å². The quantitative estimate of drug-likeness (QED) is 0.454. The number of rotatable bonds is 5. The number of hydrogen-bond acceptors (Lipinski definition) is 5. The number of anilines is 1. The van der Waals surface area contributed by atoms with E-state index in [1.54, 1.807) is 0 Å². The van der Waals surface area contributed by atoms with Gasteiger partial charge in [0.05, 0.1) is 5.25 Å². The normalized spacial score (nSPS) is 12.6. The van der Waals surface area contributed by atoms with E-state index < -0.39 is 0 Å². The average molecular weight is 406 g/mol. The van der Waals surface area contributed by atoms with E-state index >= 15 is 0 Å². The van der Waals surface area contributed by atoms with Crippen LogP contribution >= 0.6 is 11.8 Å². The summed E-state index contributed by atoms with van der Waals surface area (Å²) >= 11 is 1.30. The van der Waals surface area contributed by atoms with Crippen LogP contribution in [-0.2, 0) is 4.79 Å². The lowest BCUT2D eigenvalue weighted by Crippen LogP contribution is -2.24. The predicted molar refractivity (Wildman–Crippen MR) is 118 cm³/mol. The number of amides is 1. The van der Waals surface area contributed by atoms with Crippen LogP contribution in [0, 0.1) is 6.92 Å². The van der Waals surface area contributed by atoms with Crippen LogP contribution < -0.4 is 5.32 Å². The van der Waals surface area contributed by atoms with Gasteiger partial charge in [-0.3, -0.25) is 4.79 Å². The van der Waals surface area contributed by atoms with E-state index in [1.807, 2.05) is 50.2 Å². The van der Waals surface area contributed by atoms with Crippen LogP contribution in [0.1, 0.15) is 37.8 Å². The van der Waals surface area contributed by atoms with E-state index in [0.29, 0.717) is 16.7 Å². The van der Waals surface area contributed by atoms with E-state index in [9.17, 15) is 4.79 Å². The van der Waals surface area contributed by atoms with Gasteiger partial charge in [0.1, 0.15) is 5.52 Å². The van der Waals surface area contributed by atoms with Gasteiger partial charge in [0, 0.05) is 16.6 Å². The lowest BCUT2D eigenvalue weighted by atomic mass is 9.98. The first-order valence-corrected chi connectivity index (χ1v) is 10.5. The molecule has 0 saturated carbocycles. The van der Waals surface area contributed by atoms with Crippen LogP contribution in [0.4, 0.5) is 5.69 Å². The molecule has 0 spiro atoms. The van der Waals surface area contributed by atoms with Crippen LogP contribution in [0.3, 0.4) is 0 Å². The summed E-state index contributed by atoms with van der Waals surface area (Å²) in [5.74, 6) is 0.247. The van der Waals surface area contributed by atoms with E-state index in [-0.39, 0.29) is 11.2 Å². The Labute approximate surface area is 173 Å². The summed E-state index contributed by atoms with van der Waals surface area (Å²) in [7, 11) is 0. The molecule has 0 radical (unpaired) electrons. The fraction of sp³-hybridized carbons (Fsp3) is 0.273. The van der Waals surface area contributed by atoms with Crippen molar-refractivity contribution in [1.29, 1.82) is 0 Å². The number of fused-ring (bicyclic) bond motifs is 3. The number of nitrogens with zero attached hydrogens (tertiary/aromatic N) is 3. The van der Waals surface area contributed by atoms with Crippen molar-refractivity contribution in [2.75, 3.05) is 5.32 Å². The Hall–Kier alpha value is -2.93. The Balaban J connectivity index is 1.54. The zero-order valence-electron chi connectivity index (χ0n) is 16.9. The second kappa shape index (κ2) is 7.83.